The van der Waals surface area contributed by atoms with Crippen LogP contribution in [0.5, 0.6) is 0 Å². The van der Waals surface area contributed by atoms with Gasteiger partial charge in [0.25, 0.3) is 0 Å². The average molecular weight is 261 g/mol. The zero-order chi connectivity index (χ0) is 13.1. The molecule has 0 saturated heterocycles. The van der Waals surface area contributed by atoms with Crippen LogP contribution in [0.15, 0.2) is 17.5 Å². The molecular formula is C14H19N3S. The Hall–Kier alpha value is -1.26. The third-order valence-electron chi connectivity index (χ3n) is 3.12. The molecule has 0 aliphatic rings. The molecule has 0 spiro atoms. The van der Waals surface area contributed by atoms with Gasteiger partial charge in [-0.3, -0.25) is 0 Å². The van der Waals surface area contributed by atoms with Crippen molar-refractivity contribution in [3.63, 3.8) is 0 Å². The number of rotatable bonds is 4. The van der Waals surface area contributed by atoms with Crippen molar-refractivity contribution in [1.82, 2.24) is 9.97 Å². The number of nitrogens with two attached hydrogens (primary N) is 1. The Bertz CT molecular complexity index is 497. The predicted octanol–water partition coefficient (Wildman–Crippen LogP) is 2.96. The van der Waals surface area contributed by atoms with Crippen LogP contribution in [0.1, 0.15) is 23.9 Å². The maximum Gasteiger partial charge on any atom is 0.169 e. The van der Waals surface area contributed by atoms with Gasteiger partial charge >= 0.3 is 0 Å². The Morgan fingerprint density at radius 3 is 2.44 bits per heavy atom. The van der Waals surface area contributed by atoms with E-state index in [1.165, 1.54) is 5.56 Å². The lowest BCUT2D eigenvalue weighted by molar-refractivity contribution is 0.586. The summed E-state index contributed by atoms with van der Waals surface area (Å²) in [4.78, 5) is 10.4. The van der Waals surface area contributed by atoms with E-state index in [1.54, 1.807) is 11.3 Å². The minimum absolute atomic E-state index is 0.471. The number of aromatic nitrogens is 2. The Morgan fingerprint density at radius 2 is 1.94 bits per heavy atom. The molecule has 2 aromatic rings. The summed E-state index contributed by atoms with van der Waals surface area (Å²) in [6, 6.07) is 4.08. The highest BCUT2D eigenvalue weighted by Gasteiger charge is 2.12. The number of aryl methyl sites for hydroxylation is 2. The second-order valence-corrected chi connectivity index (χ2v) is 5.67. The van der Waals surface area contributed by atoms with Crippen molar-refractivity contribution < 1.29 is 0 Å². The van der Waals surface area contributed by atoms with Crippen molar-refractivity contribution in [1.29, 1.82) is 0 Å². The Balaban J connectivity index is 2.35. The first kappa shape index (κ1) is 13.2. The monoisotopic (exact) mass is 261 g/mol. The minimum Gasteiger partial charge on any atom is -0.330 e. The molecule has 0 aliphatic carbocycles. The molecule has 0 fully saturated rings. The summed E-state index contributed by atoms with van der Waals surface area (Å²) in [7, 11) is 0. The summed E-state index contributed by atoms with van der Waals surface area (Å²) >= 11 is 1.67. The smallest absolute Gasteiger partial charge is 0.169 e. The van der Waals surface area contributed by atoms with Crippen LogP contribution in [0.3, 0.4) is 0 Å². The van der Waals surface area contributed by atoms with Gasteiger partial charge in [-0.15, -0.1) is 11.3 Å². The molecule has 18 heavy (non-hydrogen) atoms. The molecule has 2 rings (SSSR count). The highest BCUT2D eigenvalue weighted by atomic mass is 32.1. The van der Waals surface area contributed by atoms with Crippen LogP contribution >= 0.6 is 11.3 Å². The van der Waals surface area contributed by atoms with Crippen LogP contribution in [0, 0.1) is 19.8 Å². The molecule has 0 aliphatic heterocycles. The van der Waals surface area contributed by atoms with Gasteiger partial charge in [0.15, 0.2) is 5.82 Å². The van der Waals surface area contributed by atoms with Crippen LogP contribution in [0.25, 0.3) is 10.7 Å². The molecule has 0 saturated carbocycles. The molecule has 2 N–H and O–H groups in total. The van der Waals surface area contributed by atoms with E-state index in [-0.39, 0.29) is 0 Å². The van der Waals surface area contributed by atoms with Crippen molar-refractivity contribution >= 4 is 11.3 Å². The fourth-order valence-corrected chi connectivity index (χ4v) is 2.64. The highest BCUT2D eigenvalue weighted by molar-refractivity contribution is 7.13. The van der Waals surface area contributed by atoms with Crippen molar-refractivity contribution in [3.05, 3.63) is 34.5 Å². The third-order valence-corrected chi connectivity index (χ3v) is 3.98. The van der Waals surface area contributed by atoms with Gasteiger partial charge in [0, 0.05) is 11.4 Å². The molecule has 96 valence electrons. The van der Waals surface area contributed by atoms with Gasteiger partial charge in [-0.25, -0.2) is 9.97 Å². The van der Waals surface area contributed by atoms with E-state index < -0.39 is 0 Å². The van der Waals surface area contributed by atoms with Crippen LogP contribution in [-0.4, -0.2) is 16.5 Å². The third kappa shape index (κ3) is 2.76. The van der Waals surface area contributed by atoms with Gasteiger partial charge in [-0.2, -0.15) is 0 Å². The number of hydrogen-bond donors (Lipinski definition) is 1. The van der Waals surface area contributed by atoms with Crippen LogP contribution < -0.4 is 5.73 Å². The fraction of sp³-hybridized carbons (Fsp3) is 0.429. The Labute approximate surface area is 112 Å². The number of nitrogens with zero attached hydrogens (tertiary/aromatic N) is 2. The lowest BCUT2D eigenvalue weighted by Gasteiger charge is -2.13. The van der Waals surface area contributed by atoms with E-state index in [0.717, 1.165) is 28.5 Å². The largest absolute Gasteiger partial charge is 0.330 e. The molecule has 0 bridgehead atoms. The number of thiophene rings is 1. The zero-order valence-corrected chi connectivity index (χ0v) is 11.9. The molecule has 0 radical (unpaired) electrons. The molecule has 2 heterocycles. The Kier molecular flexibility index (Phi) is 4.09. The molecular weight excluding hydrogens is 242 g/mol. The molecule has 4 heteroatoms. The van der Waals surface area contributed by atoms with E-state index in [4.69, 9.17) is 5.73 Å². The van der Waals surface area contributed by atoms with E-state index >= 15 is 0 Å². The minimum atomic E-state index is 0.471. The predicted molar refractivity (Wildman–Crippen MR) is 76.7 cm³/mol. The van der Waals surface area contributed by atoms with Crippen molar-refractivity contribution in [3.8, 4) is 10.7 Å². The topological polar surface area (TPSA) is 51.8 Å². The summed E-state index contributed by atoms with van der Waals surface area (Å²) in [6.07, 6.45) is 0.957. The summed E-state index contributed by atoms with van der Waals surface area (Å²) < 4.78 is 0. The van der Waals surface area contributed by atoms with Crippen LogP contribution in [-0.2, 0) is 6.42 Å². The molecule has 0 amide bonds. The SMILES string of the molecule is Cc1nc(-c2cccs2)nc(C)c1CC(C)CN. The first-order valence-electron chi connectivity index (χ1n) is 6.20. The quantitative estimate of drug-likeness (QED) is 0.920. The lowest BCUT2D eigenvalue weighted by atomic mass is 9.99. The summed E-state index contributed by atoms with van der Waals surface area (Å²) in [5, 5.41) is 2.05. The van der Waals surface area contributed by atoms with E-state index in [9.17, 15) is 0 Å². The molecule has 0 aromatic carbocycles. The maximum absolute atomic E-state index is 5.69. The molecule has 1 unspecified atom stereocenters. The van der Waals surface area contributed by atoms with E-state index in [2.05, 4.69) is 36.8 Å². The van der Waals surface area contributed by atoms with Gasteiger partial charge in [0.1, 0.15) is 0 Å². The summed E-state index contributed by atoms with van der Waals surface area (Å²) in [6.45, 7) is 6.98. The number of hydrogen-bond acceptors (Lipinski definition) is 4. The molecule has 3 nitrogen and oxygen atoms in total. The van der Waals surface area contributed by atoms with Gasteiger partial charge in [-0.1, -0.05) is 13.0 Å². The summed E-state index contributed by atoms with van der Waals surface area (Å²) in [5.74, 6) is 1.31. The molecule has 2 aromatic heterocycles. The van der Waals surface area contributed by atoms with E-state index in [1.807, 2.05) is 11.4 Å². The van der Waals surface area contributed by atoms with Gasteiger partial charge in [-0.05, 0) is 49.7 Å². The second kappa shape index (κ2) is 5.59. The average Bonchev–Trinajstić information content (AvgIpc) is 2.87. The molecule has 1 atom stereocenters. The van der Waals surface area contributed by atoms with Crippen molar-refractivity contribution in [2.75, 3.05) is 6.54 Å². The van der Waals surface area contributed by atoms with Crippen molar-refractivity contribution in [2.45, 2.75) is 27.2 Å². The fourth-order valence-electron chi connectivity index (χ4n) is 1.98. The van der Waals surface area contributed by atoms with Crippen LogP contribution in [0.4, 0.5) is 0 Å². The van der Waals surface area contributed by atoms with Crippen molar-refractivity contribution in [2.24, 2.45) is 11.7 Å². The second-order valence-electron chi connectivity index (χ2n) is 4.72. The highest BCUT2D eigenvalue weighted by Crippen LogP contribution is 2.24. The standard InChI is InChI=1S/C14H19N3S/c1-9(8-15)7-12-10(2)16-14(17-11(12)3)13-5-4-6-18-13/h4-6,9H,7-8,15H2,1-3H3. The van der Waals surface area contributed by atoms with E-state index in [0.29, 0.717) is 12.5 Å². The Morgan fingerprint density at radius 1 is 1.28 bits per heavy atom. The first-order valence-corrected chi connectivity index (χ1v) is 7.07. The normalized spacial score (nSPS) is 12.7. The lowest BCUT2D eigenvalue weighted by Crippen LogP contribution is -2.15. The summed E-state index contributed by atoms with van der Waals surface area (Å²) in [5.41, 5.74) is 9.08. The van der Waals surface area contributed by atoms with Gasteiger partial charge < -0.3 is 5.73 Å². The van der Waals surface area contributed by atoms with Crippen LogP contribution in [0.2, 0.25) is 0 Å². The van der Waals surface area contributed by atoms with Gasteiger partial charge in [0.2, 0.25) is 0 Å². The zero-order valence-electron chi connectivity index (χ0n) is 11.1. The first-order chi connectivity index (χ1) is 8.61. The maximum atomic E-state index is 5.69. The van der Waals surface area contributed by atoms with Gasteiger partial charge in [0.05, 0.1) is 4.88 Å².